The summed E-state index contributed by atoms with van der Waals surface area (Å²) in [4.78, 5) is 12.8. The SMILES string of the molecule is C=C(C)C(CC=C(C)C)Cc1c(O)ccc2c1O[C@@H](c1ccc(O)cc1O)CC2=O. The van der Waals surface area contributed by atoms with E-state index in [0.717, 1.165) is 12.0 Å². The number of allylic oxidation sites excluding steroid dienone is 3. The molecule has 5 heteroatoms. The second-order valence-corrected chi connectivity index (χ2v) is 8.18. The molecule has 2 aromatic carbocycles. The van der Waals surface area contributed by atoms with Crippen LogP contribution in [-0.2, 0) is 6.42 Å². The number of carbonyl (C=O) groups excluding carboxylic acids is 1. The molecule has 0 spiro atoms. The quantitative estimate of drug-likeness (QED) is 0.542. The maximum atomic E-state index is 12.8. The van der Waals surface area contributed by atoms with Gasteiger partial charge in [-0.25, -0.2) is 0 Å². The average molecular weight is 408 g/mol. The molecule has 30 heavy (non-hydrogen) atoms. The standard InChI is InChI=1S/C25H28O5/c1-14(2)5-6-16(15(3)4)11-20-21(27)10-9-19-23(29)13-24(30-25(19)20)18-8-7-17(26)12-22(18)28/h5,7-10,12,16,24,26-28H,3,6,11,13H2,1-2,4H3/t16?,24-/m1/s1. The van der Waals surface area contributed by atoms with Crippen LogP contribution in [-0.4, -0.2) is 21.1 Å². The summed E-state index contributed by atoms with van der Waals surface area (Å²) < 4.78 is 6.16. The molecule has 158 valence electrons. The fraction of sp³-hybridized carbons (Fsp3) is 0.320. The Labute approximate surface area is 177 Å². The molecule has 2 atom stereocenters. The minimum absolute atomic E-state index is 0.0667. The lowest BCUT2D eigenvalue weighted by atomic mass is 9.86. The minimum atomic E-state index is -0.702. The van der Waals surface area contributed by atoms with E-state index in [1.54, 1.807) is 12.1 Å². The predicted molar refractivity (Wildman–Crippen MR) is 116 cm³/mol. The van der Waals surface area contributed by atoms with Crippen LogP contribution < -0.4 is 4.74 Å². The summed E-state index contributed by atoms with van der Waals surface area (Å²) in [7, 11) is 0. The van der Waals surface area contributed by atoms with Crippen molar-refractivity contribution in [1.82, 2.24) is 0 Å². The Bertz CT molecular complexity index is 1010. The van der Waals surface area contributed by atoms with Gasteiger partial charge in [-0.1, -0.05) is 23.8 Å². The lowest BCUT2D eigenvalue weighted by Gasteiger charge is -2.29. The van der Waals surface area contributed by atoms with Gasteiger partial charge in [0.25, 0.3) is 0 Å². The van der Waals surface area contributed by atoms with Gasteiger partial charge in [0.15, 0.2) is 5.78 Å². The van der Waals surface area contributed by atoms with Gasteiger partial charge in [0.05, 0.1) is 12.0 Å². The molecular weight excluding hydrogens is 380 g/mol. The molecule has 1 heterocycles. The fourth-order valence-corrected chi connectivity index (χ4v) is 3.69. The number of aromatic hydroxyl groups is 3. The fourth-order valence-electron chi connectivity index (χ4n) is 3.69. The van der Waals surface area contributed by atoms with Crippen LogP contribution in [0.15, 0.2) is 54.1 Å². The number of ether oxygens (including phenoxy) is 1. The van der Waals surface area contributed by atoms with Gasteiger partial charge in [-0.3, -0.25) is 4.79 Å². The number of phenolic OH excluding ortho intramolecular Hbond substituents is 3. The number of ketones is 1. The van der Waals surface area contributed by atoms with Crippen molar-refractivity contribution in [3.63, 3.8) is 0 Å². The summed E-state index contributed by atoms with van der Waals surface area (Å²) in [6.45, 7) is 10.1. The van der Waals surface area contributed by atoms with Crippen molar-refractivity contribution >= 4 is 5.78 Å². The highest BCUT2D eigenvalue weighted by atomic mass is 16.5. The molecule has 0 aliphatic carbocycles. The molecular formula is C25H28O5. The molecule has 0 radical (unpaired) electrons. The van der Waals surface area contributed by atoms with E-state index in [1.807, 2.05) is 20.8 Å². The number of Topliss-reactive ketones (excluding diaryl/α,β-unsaturated/α-hetero) is 1. The van der Waals surface area contributed by atoms with Crippen molar-refractivity contribution in [1.29, 1.82) is 0 Å². The van der Waals surface area contributed by atoms with Crippen molar-refractivity contribution in [2.24, 2.45) is 5.92 Å². The van der Waals surface area contributed by atoms with Gasteiger partial charge in [-0.2, -0.15) is 0 Å². The van der Waals surface area contributed by atoms with Crippen LogP contribution in [0.2, 0.25) is 0 Å². The van der Waals surface area contributed by atoms with Gasteiger partial charge in [-0.15, -0.1) is 0 Å². The third-order valence-electron chi connectivity index (χ3n) is 5.49. The van der Waals surface area contributed by atoms with E-state index in [4.69, 9.17) is 4.74 Å². The highest BCUT2D eigenvalue weighted by Gasteiger charge is 2.32. The zero-order chi connectivity index (χ0) is 22.0. The Morgan fingerprint density at radius 3 is 2.53 bits per heavy atom. The van der Waals surface area contributed by atoms with Gasteiger partial charge >= 0.3 is 0 Å². The largest absolute Gasteiger partial charge is 0.508 e. The van der Waals surface area contributed by atoms with Gasteiger partial charge in [-0.05, 0) is 63.8 Å². The normalized spacial score (nSPS) is 16.4. The van der Waals surface area contributed by atoms with Crippen LogP contribution in [0.25, 0.3) is 0 Å². The van der Waals surface area contributed by atoms with Crippen LogP contribution in [0.3, 0.4) is 0 Å². The Morgan fingerprint density at radius 2 is 1.90 bits per heavy atom. The molecule has 0 bridgehead atoms. The summed E-state index contributed by atoms with van der Waals surface area (Å²) >= 11 is 0. The van der Waals surface area contributed by atoms with Crippen LogP contribution >= 0.6 is 0 Å². The first kappa shape index (κ1) is 21.5. The smallest absolute Gasteiger partial charge is 0.170 e. The second kappa shape index (κ2) is 8.66. The number of phenols is 3. The summed E-state index contributed by atoms with van der Waals surface area (Å²) in [5, 5.41) is 30.4. The summed E-state index contributed by atoms with van der Waals surface area (Å²) in [5.41, 5.74) is 3.61. The molecule has 3 N–H and O–H groups in total. The third-order valence-corrected chi connectivity index (χ3v) is 5.49. The zero-order valence-corrected chi connectivity index (χ0v) is 17.6. The first-order valence-electron chi connectivity index (χ1n) is 10.0. The first-order chi connectivity index (χ1) is 14.2. The monoisotopic (exact) mass is 408 g/mol. The number of hydrogen-bond donors (Lipinski definition) is 3. The van der Waals surface area contributed by atoms with Crippen molar-refractivity contribution in [2.45, 2.75) is 46.1 Å². The summed E-state index contributed by atoms with van der Waals surface area (Å²) in [6.07, 6.45) is 2.76. The Morgan fingerprint density at radius 1 is 1.17 bits per heavy atom. The Hall–Kier alpha value is -3.21. The Kier molecular flexibility index (Phi) is 6.20. The summed E-state index contributed by atoms with van der Waals surface area (Å²) in [5.74, 6) is 0.180. The molecule has 3 rings (SSSR count). The number of benzene rings is 2. The maximum absolute atomic E-state index is 12.8. The van der Waals surface area contributed by atoms with E-state index < -0.39 is 6.10 Å². The second-order valence-electron chi connectivity index (χ2n) is 8.18. The van der Waals surface area contributed by atoms with E-state index in [9.17, 15) is 20.1 Å². The lowest BCUT2D eigenvalue weighted by molar-refractivity contribution is 0.0844. The van der Waals surface area contributed by atoms with Crippen LogP contribution in [0.4, 0.5) is 0 Å². The van der Waals surface area contributed by atoms with Crippen LogP contribution in [0.5, 0.6) is 23.0 Å². The molecule has 5 nitrogen and oxygen atoms in total. The van der Waals surface area contributed by atoms with Gasteiger partial charge in [0.2, 0.25) is 0 Å². The van der Waals surface area contributed by atoms with Crippen LogP contribution in [0.1, 0.15) is 61.2 Å². The molecule has 0 saturated carbocycles. The lowest BCUT2D eigenvalue weighted by Crippen LogP contribution is -2.22. The zero-order valence-electron chi connectivity index (χ0n) is 17.6. The molecule has 2 aromatic rings. The number of rotatable bonds is 6. The number of fused-ring (bicyclic) bond motifs is 1. The molecule has 1 aliphatic heterocycles. The average Bonchev–Trinajstić information content (AvgIpc) is 2.66. The van der Waals surface area contributed by atoms with E-state index >= 15 is 0 Å². The van der Waals surface area contributed by atoms with E-state index in [-0.39, 0.29) is 35.4 Å². The highest BCUT2D eigenvalue weighted by Crippen LogP contribution is 2.44. The Balaban J connectivity index is 2.00. The molecule has 1 unspecified atom stereocenters. The summed E-state index contributed by atoms with van der Waals surface area (Å²) in [6, 6.07) is 7.32. The van der Waals surface area contributed by atoms with Gasteiger partial charge in [0, 0.05) is 17.2 Å². The molecule has 0 aromatic heterocycles. The molecule has 0 fully saturated rings. The van der Waals surface area contributed by atoms with Crippen LogP contribution in [0, 0.1) is 5.92 Å². The topological polar surface area (TPSA) is 87.0 Å². The molecule has 0 saturated heterocycles. The van der Waals surface area contributed by atoms with Crippen molar-refractivity contribution in [3.05, 3.63) is 70.8 Å². The highest BCUT2D eigenvalue weighted by molar-refractivity contribution is 6.00. The molecule has 0 amide bonds. The molecule has 1 aliphatic rings. The van der Waals surface area contributed by atoms with Crippen molar-refractivity contribution < 1.29 is 24.9 Å². The van der Waals surface area contributed by atoms with Crippen molar-refractivity contribution in [3.8, 4) is 23.0 Å². The van der Waals surface area contributed by atoms with Gasteiger partial charge in [0.1, 0.15) is 29.1 Å². The maximum Gasteiger partial charge on any atom is 0.170 e. The third kappa shape index (κ3) is 4.51. The van der Waals surface area contributed by atoms with E-state index in [2.05, 4.69) is 12.7 Å². The van der Waals surface area contributed by atoms with E-state index in [1.165, 1.54) is 23.8 Å². The number of hydrogen-bond acceptors (Lipinski definition) is 5. The predicted octanol–water partition coefficient (Wildman–Crippen LogP) is 5.60. The first-order valence-corrected chi connectivity index (χ1v) is 10.0. The minimum Gasteiger partial charge on any atom is -0.508 e. The van der Waals surface area contributed by atoms with Crippen molar-refractivity contribution in [2.75, 3.05) is 0 Å². The number of carbonyl (C=O) groups is 1. The van der Waals surface area contributed by atoms with Gasteiger partial charge < -0.3 is 20.1 Å². The van der Waals surface area contributed by atoms with E-state index in [0.29, 0.717) is 28.9 Å².